The second-order valence-electron chi connectivity index (χ2n) is 5.77. The minimum absolute atomic E-state index is 0.0178. The first-order chi connectivity index (χ1) is 11.5. The molecule has 0 spiro atoms. The van der Waals surface area contributed by atoms with Crippen molar-refractivity contribution in [3.8, 4) is 5.75 Å². The fourth-order valence-electron chi connectivity index (χ4n) is 2.82. The van der Waals surface area contributed by atoms with Gasteiger partial charge in [0, 0.05) is 6.54 Å². The lowest BCUT2D eigenvalue weighted by molar-refractivity contribution is -0.119. The highest BCUT2D eigenvalue weighted by Gasteiger charge is 2.35. The van der Waals surface area contributed by atoms with Gasteiger partial charge in [-0.1, -0.05) is 17.7 Å². The van der Waals surface area contributed by atoms with Crippen LogP contribution < -0.4 is 5.32 Å². The highest BCUT2D eigenvalue weighted by molar-refractivity contribution is 7.18. The number of aryl methyl sites for hydroxylation is 1. The van der Waals surface area contributed by atoms with Crippen LogP contribution in [0.5, 0.6) is 5.75 Å². The molecule has 1 aliphatic rings. The van der Waals surface area contributed by atoms with E-state index in [9.17, 15) is 14.7 Å². The van der Waals surface area contributed by atoms with E-state index in [2.05, 4.69) is 5.32 Å². The Kier molecular flexibility index (Phi) is 4.78. The minimum Gasteiger partial charge on any atom is -0.506 e. The van der Waals surface area contributed by atoms with Gasteiger partial charge in [0.25, 0.3) is 5.91 Å². The number of benzene rings is 1. The van der Waals surface area contributed by atoms with Crippen molar-refractivity contribution in [3.63, 3.8) is 0 Å². The maximum Gasteiger partial charge on any atom is 0.264 e. The molecule has 24 heavy (non-hydrogen) atoms. The van der Waals surface area contributed by atoms with E-state index in [0.717, 1.165) is 12.0 Å². The van der Waals surface area contributed by atoms with E-state index in [4.69, 9.17) is 11.6 Å². The Hall–Kier alpha value is -2.05. The standard InChI is InChI=1S/C17H17ClN2O3S/c1-10-4-5-11(13(21)9-10)19-16(22)12-3-2-8-20(12)17(23)14-6-7-15(18)24-14/h4-7,9,12,21H,2-3,8H2,1H3,(H,19,22)/t12-/m0/s1. The summed E-state index contributed by atoms with van der Waals surface area (Å²) in [6.07, 6.45) is 1.37. The zero-order valence-electron chi connectivity index (χ0n) is 13.1. The van der Waals surface area contributed by atoms with E-state index in [0.29, 0.717) is 27.9 Å². The largest absolute Gasteiger partial charge is 0.506 e. The number of thiophene rings is 1. The van der Waals surface area contributed by atoms with Gasteiger partial charge < -0.3 is 15.3 Å². The first kappa shape index (κ1) is 16.8. The predicted molar refractivity (Wildman–Crippen MR) is 94.9 cm³/mol. The second-order valence-corrected chi connectivity index (χ2v) is 7.49. The highest BCUT2D eigenvalue weighted by Crippen LogP contribution is 2.28. The number of carbonyl (C=O) groups is 2. The Bertz CT molecular complexity index is 790. The van der Waals surface area contributed by atoms with Crippen molar-refractivity contribution in [3.05, 3.63) is 45.1 Å². The molecule has 5 nitrogen and oxygen atoms in total. The van der Waals surface area contributed by atoms with Crippen LogP contribution in [-0.2, 0) is 4.79 Å². The number of nitrogens with one attached hydrogen (secondary N) is 1. The average molecular weight is 365 g/mol. The first-order valence-corrected chi connectivity index (χ1v) is 8.82. The zero-order valence-corrected chi connectivity index (χ0v) is 14.7. The number of likely N-dealkylation sites (tertiary alicyclic amines) is 1. The van der Waals surface area contributed by atoms with Gasteiger partial charge in [-0.3, -0.25) is 9.59 Å². The lowest BCUT2D eigenvalue weighted by Crippen LogP contribution is -2.42. The summed E-state index contributed by atoms with van der Waals surface area (Å²) >= 11 is 7.10. The third-order valence-electron chi connectivity index (χ3n) is 4.01. The molecule has 2 aromatic rings. The number of hydrogen-bond donors (Lipinski definition) is 2. The molecule has 0 radical (unpaired) electrons. The van der Waals surface area contributed by atoms with Gasteiger partial charge in [0.05, 0.1) is 14.9 Å². The molecule has 3 rings (SSSR count). The molecule has 0 saturated carbocycles. The molecule has 126 valence electrons. The number of carbonyl (C=O) groups excluding carboxylic acids is 2. The van der Waals surface area contributed by atoms with Crippen LogP contribution in [0.3, 0.4) is 0 Å². The molecule has 2 heterocycles. The first-order valence-electron chi connectivity index (χ1n) is 7.62. The van der Waals surface area contributed by atoms with Gasteiger partial charge in [-0.15, -0.1) is 11.3 Å². The lowest BCUT2D eigenvalue weighted by atomic mass is 10.1. The molecule has 2 amide bonds. The van der Waals surface area contributed by atoms with Crippen LogP contribution >= 0.6 is 22.9 Å². The number of phenolic OH excluding ortho intramolecular Hbond substituents is 1. The summed E-state index contributed by atoms with van der Waals surface area (Å²) < 4.78 is 0.545. The van der Waals surface area contributed by atoms with E-state index in [1.54, 1.807) is 35.2 Å². The molecule has 1 aliphatic heterocycles. The van der Waals surface area contributed by atoms with E-state index >= 15 is 0 Å². The number of hydrogen-bond acceptors (Lipinski definition) is 4. The molecule has 2 N–H and O–H groups in total. The summed E-state index contributed by atoms with van der Waals surface area (Å²) in [5.41, 5.74) is 1.25. The van der Waals surface area contributed by atoms with Crippen molar-refractivity contribution in [2.45, 2.75) is 25.8 Å². The van der Waals surface area contributed by atoms with Gasteiger partial charge in [-0.05, 0) is 49.6 Å². The molecule has 0 bridgehead atoms. The van der Waals surface area contributed by atoms with Crippen LogP contribution in [0.25, 0.3) is 0 Å². The molecule has 1 saturated heterocycles. The molecule has 0 unspecified atom stereocenters. The minimum atomic E-state index is -0.543. The van der Waals surface area contributed by atoms with Gasteiger partial charge in [-0.2, -0.15) is 0 Å². The van der Waals surface area contributed by atoms with Crippen molar-refractivity contribution < 1.29 is 14.7 Å². The molecule has 1 fully saturated rings. The zero-order chi connectivity index (χ0) is 17.3. The number of amides is 2. The lowest BCUT2D eigenvalue weighted by Gasteiger charge is -2.23. The smallest absolute Gasteiger partial charge is 0.264 e. The Morgan fingerprint density at radius 1 is 1.33 bits per heavy atom. The second kappa shape index (κ2) is 6.83. The molecular formula is C17H17ClN2O3S. The number of anilines is 1. The fraction of sp³-hybridized carbons (Fsp3) is 0.294. The van der Waals surface area contributed by atoms with E-state index < -0.39 is 6.04 Å². The molecule has 7 heteroatoms. The molecule has 0 aliphatic carbocycles. The Labute approximate surface area is 148 Å². The average Bonchev–Trinajstić information content (AvgIpc) is 3.18. The van der Waals surface area contributed by atoms with Crippen molar-refractivity contribution in [1.29, 1.82) is 0 Å². The van der Waals surface area contributed by atoms with Crippen molar-refractivity contribution in [2.75, 3.05) is 11.9 Å². The highest BCUT2D eigenvalue weighted by atomic mass is 35.5. The number of nitrogens with zero attached hydrogens (tertiary/aromatic N) is 1. The number of phenols is 1. The molecule has 1 atom stereocenters. The van der Waals surface area contributed by atoms with E-state index in [1.165, 1.54) is 11.3 Å². The Balaban J connectivity index is 1.75. The Morgan fingerprint density at radius 2 is 2.12 bits per heavy atom. The van der Waals surface area contributed by atoms with Crippen LogP contribution in [-0.4, -0.2) is 34.4 Å². The van der Waals surface area contributed by atoms with Gasteiger partial charge in [0.2, 0.25) is 5.91 Å². The monoisotopic (exact) mass is 364 g/mol. The third-order valence-corrected chi connectivity index (χ3v) is 5.23. The van der Waals surface area contributed by atoms with Crippen molar-refractivity contribution in [1.82, 2.24) is 4.90 Å². The molecular weight excluding hydrogens is 348 g/mol. The van der Waals surface area contributed by atoms with Crippen molar-refractivity contribution in [2.24, 2.45) is 0 Å². The summed E-state index contributed by atoms with van der Waals surface area (Å²) in [6, 6.07) is 7.85. The third kappa shape index (κ3) is 3.39. The van der Waals surface area contributed by atoms with Gasteiger partial charge in [0.1, 0.15) is 11.8 Å². The fourth-order valence-corrected chi connectivity index (χ4v) is 3.82. The summed E-state index contributed by atoms with van der Waals surface area (Å²) in [5, 5.41) is 12.6. The van der Waals surface area contributed by atoms with E-state index in [1.807, 2.05) is 6.92 Å². The van der Waals surface area contributed by atoms with Crippen LogP contribution in [0.2, 0.25) is 4.34 Å². The predicted octanol–water partition coefficient (Wildman–Crippen LogP) is 3.66. The van der Waals surface area contributed by atoms with Crippen LogP contribution in [0, 0.1) is 6.92 Å². The summed E-state index contributed by atoms with van der Waals surface area (Å²) in [4.78, 5) is 27.2. The summed E-state index contributed by atoms with van der Waals surface area (Å²) in [5.74, 6) is -0.454. The number of rotatable bonds is 3. The molecule has 1 aromatic carbocycles. The normalized spacial score (nSPS) is 17.1. The van der Waals surface area contributed by atoms with Crippen LogP contribution in [0.4, 0.5) is 5.69 Å². The van der Waals surface area contributed by atoms with Gasteiger partial charge >= 0.3 is 0 Å². The molecule has 1 aromatic heterocycles. The quantitative estimate of drug-likeness (QED) is 0.816. The Morgan fingerprint density at radius 3 is 2.79 bits per heavy atom. The van der Waals surface area contributed by atoms with E-state index in [-0.39, 0.29) is 17.6 Å². The number of aromatic hydroxyl groups is 1. The van der Waals surface area contributed by atoms with Gasteiger partial charge in [-0.25, -0.2) is 0 Å². The maximum atomic E-state index is 12.6. The number of halogens is 1. The summed E-state index contributed by atoms with van der Waals surface area (Å²) in [6.45, 7) is 2.39. The van der Waals surface area contributed by atoms with Crippen molar-refractivity contribution >= 4 is 40.4 Å². The van der Waals surface area contributed by atoms with Crippen LogP contribution in [0.1, 0.15) is 28.1 Å². The maximum absolute atomic E-state index is 12.6. The topological polar surface area (TPSA) is 69.6 Å². The SMILES string of the molecule is Cc1ccc(NC(=O)[C@@H]2CCCN2C(=O)c2ccc(Cl)s2)c(O)c1. The van der Waals surface area contributed by atoms with Crippen LogP contribution in [0.15, 0.2) is 30.3 Å². The van der Waals surface area contributed by atoms with Gasteiger partial charge in [0.15, 0.2) is 0 Å². The summed E-state index contributed by atoms with van der Waals surface area (Å²) in [7, 11) is 0.